The van der Waals surface area contributed by atoms with Crippen molar-refractivity contribution in [1.82, 2.24) is 9.71 Å². The Balaban J connectivity index is 2.27. The number of nitrogens with zero attached hydrogens (tertiary/aromatic N) is 1. The Labute approximate surface area is 121 Å². The van der Waals surface area contributed by atoms with E-state index >= 15 is 0 Å². The van der Waals surface area contributed by atoms with Crippen molar-refractivity contribution in [3.8, 4) is 0 Å². The zero-order valence-electron chi connectivity index (χ0n) is 9.43. The summed E-state index contributed by atoms with van der Waals surface area (Å²) in [6.45, 7) is 0.122. The number of rotatable bonds is 4. The van der Waals surface area contributed by atoms with Gasteiger partial charge in [0.1, 0.15) is 5.82 Å². The maximum atomic E-state index is 13.2. The Bertz CT molecular complexity index is 689. The summed E-state index contributed by atoms with van der Waals surface area (Å²) in [6.07, 6.45) is 1.57. The SMILES string of the molecule is Nc1cc(S(=O)(=O)NCc2cncs2)c(Br)cc1F. The summed E-state index contributed by atoms with van der Waals surface area (Å²) >= 11 is 4.35. The summed E-state index contributed by atoms with van der Waals surface area (Å²) in [7, 11) is -3.77. The zero-order chi connectivity index (χ0) is 14.0. The molecule has 1 aromatic carbocycles. The molecule has 0 unspecified atom stereocenters. The third kappa shape index (κ3) is 3.30. The van der Waals surface area contributed by atoms with Crippen LogP contribution < -0.4 is 10.5 Å². The first-order valence-electron chi connectivity index (χ1n) is 5.01. The predicted octanol–water partition coefficient (Wildman–Crippen LogP) is 2.11. The maximum absolute atomic E-state index is 13.2. The number of halogens is 2. The first-order valence-corrected chi connectivity index (χ1v) is 8.17. The monoisotopic (exact) mass is 365 g/mol. The fourth-order valence-electron chi connectivity index (χ4n) is 1.32. The van der Waals surface area contributed by atoms with Crippen molar-refractivity contribution < 1.29 is 12.8 Å². The minimum absolute atomic E-state index is 0.101. The molecule has 0 aliphatic rings. The minimum Gasteiger partial charge on any atom is -0.396 e. The van der Waals surface area contributed by atoms with Crippen molar-refractivity contribution in [1.29, 1.82) is 0 Å². The highest BCUT2D eigenvalue weighted by atomic mass is 79.9. The van der Waals surface area contributed by atoms with Gasteiger partial charge in [-0.05, 0) is 28.1 Å². The average Bonchev–Trinajstić information content (AvgIpc) is 2.84. The number of nitrogens with one attached hydrogen (secondary N) is 1. The third-order valence-electron chi connectivity index (χ3n) is 2.26. The number of sulfonamides is 1. The summed E-state index contributed by atoms with van der Waals surface area (Å²) in [5.74, 6) is -0.673. The van der Waals surface area contributed by atoms with Crippen LogP contribution in [0.3, 0.4) is 0 Å². The van der Waals surface area contributed by atoms with Gasteiger partial charge in [0.05, 0.1) is 16.1 Å². The van der Waals surface area contributed by atoms with Crippen molar-refractivity contribution in [2.45, 2.75) is 11.4 Å². The Morgan fingerprint density at radius 1 is 1.47 bits per heavy atom. The quantitative estimate of drug-likeness (QED) is 0.812. The van der Waals surface area contributed by atoms with Gasteiger partial charge in [-0.25, -0.2) is 17.5 Å². The Hall–Kier alpha value is -1.03. The van der Waals surface area contributed by atoms with Crippen LogP contribution >= 0.6 is 27.3 Å². The lowest BCUT2D eigenvalue weighted by molar-refractivity contribution is 0.580. The van der Waals surface area contributed by atoms with E-state index in [1.54, 1.807) is 11.7 Å². The number of benzene rings is 1. The van der Waals surface area contributed by atoms with Gasteiger partial charge in [-0.1, -0.05) is 0 Å². The van der Waals surface area contributed by atoms with Gasteiger partial charge >= 0.3 is 0 Å². The highest BCUT2D eigenvalue weighted by Crippen LogP contribution is 2.26. The van der Waals surface area contributed by atoms with Gasteiger partial charge in [-0.3, -0.25) is 4.98 Å². The topological polar surface area (TPSA) is 85.1 Å². The first kappa shape index (κ1) is 14.4. The van der Waals surface area contributed by atoms with Gasteiger partial charge in [0.2, 0.25) is 10.0 Å². The molecule has 1 heterocycles. The lowest BCUT2D eigenvalue weighted by Crippen LogP contribution is -2.23. The van der Waals surface area contributed by atoms with Crippen molar-refractivity contribution in [2.75, 3.05) is 5.73 Å². The fraction of sp³-hybridized carbons (Fsp3) is 0.100. The van der Waals surface area contributed by atoms with Crippen LogP contribution in [0, 0.1) is 5.82 Å². The number of hydrogen-bond acceptors (Lipinski definition) is 5. The van der Waals surface area contributed by atoms with Crippen LogP contribution in [0.25, 0.3) is 0 Å². The van der Waals surface area contributed by atoms with E-state index in [-0.39, 0.29) is 21.6 Å². The van der Waals surface area contributed by atoms with Gasteiger partial charge in [0.15, 0.2) is 0 Å². The molecule has 3 N–H and O–H groups in total. The second kappa shape index (κ2) is 5.53. The van der Waals surface area contributed by atoms with Crippen molar-refractivity contribution >= 4 is 43.0 Å². The lowest BCUT2D eigenvalue weighted by atomic mass is 10.3. The summed E-state index contributed by atoms with van der Waals surface area (Å²) in [4.78, 5) is 4.52. The Kier molecular flexibility index (Phi) is 4.19. The largest absolute Gasteiger partial charge is 0.396 e. The molecule has 0 radical (unpaired) electrons. The van der Waals surface area contributed by atoms with E-state index < -0.39 is 15.8 Å². The molecule has 0 saturated carbocycles. The molecular formula is C10H9BrFN3O2S2. The van der Waals surface area contributed by atoms with E-state index in [2.05, 4.69) is 25.6 Å². The lowest BCUT2D eigenvalue weighted by Gasteiger charge is -2.09. The maximum Gasteiger partial charge on any atom is 0.242 e. The molecule has 0 aliphatic heterocycles. The van der Waals surface area contributed by atoms with Crippen LogP contribution in [0.4, 0.5) is 10.1 Å². The van der Waals surface area contributed by atoms with Crippen molar-refractivity contribution in [3.05, 3.63) is 39.0 Å². The molecule has 5 nitrogen and oxygen atoms in total. The molecule has 9 heteroatoms. The summed E-state index contributed by atoms with van der Waals surface area (Å²) in [6, 6.07) is 2.10. The average molecular weight is 366 g/mol. The molecule has 0 aliphatic carbocycles. The molecule has 0 bridgehead atoms. The second-order valence-corrected chi connectivity index (χ2v) is 7.16. The van der Waals surface area contributed by atoms with Crippen molar-refractivity contribution in [3.63, 3.8) is 0 Å². The number of nitrogen functional groups attached to an aromatic ring is 1. The zero-order valence-corrected chi connectivity index (χ0v) is 12.6. The standard InChI is InChI=1S/C10H9BrFN3O2S2/c11-7-1-8(12)9(13)2-10(7)19(16,17)15-4-6-3-14-5-18-6/h1-3,5,15H,4,13H2. The minimum atomic E-state index is -3.77. The number of thiazole rings is 1. The van der Waals surface area contributed by atoms with Crippen molar-refractivity contribution in [2.24, 2.45) is 0 Å². The van der Waals surface area contributed by atoms with E-state index in [0.29, 0.717) is 0 Å². The Morgan fingerprint density at radius 3 is 2.84 bits per heavy atom. The fourth-order valence-corrected chi connectivity index (χ4v) is 4.00. The van der Waals surface area contributed by atoms with Crippen LogP contribution in [0.1, 0.15) is 4.88 Å². The van der Waals surface area contributed by atoms with E-state index in [1.807, 2.05) is 0 Å². The van der Waals surface area contributed by atoms with E-state index in [0.717, 1.165) is 17.0 Å². The molecule has 0 fully saturated rings. The molecule has 102 valence electrons. The van der Waals surface area contributed by atoms with Crippen LogP contribution in [0.2, 0.25) is 0 Å². The number of aromatic nitrogens is 1. The van der Waals surface area contributed by atoms with E-state index in [4.69, 9.17) is 5.73 Å². The molecule has 19 heavy (non-hydrogen) atoms. The molecule has 0 amide bonds. The predicted molar refractivity (Wildman–Crippen MR) is 74.7 cm³/mol. The van der Waals surface area contributed by atoms with Gasteiger partial charge in [0, 0.05) is 22.1 Å². The van der Waals surface area contributed by atoms with Gasteiger partial charge in [-0.15, -0.1) is 11.3 Å². The normalized spacial score (nSPS) is 11.7. The van der Waals surface area contributed by atoms with E-state index in [1.165, 1.54) is 11.3 Å². The van der Waals surface area contributed by atoms with E-state index in [9.17, 15) is 12.8 Å². The molecule has 2 aromatic rings. The highest BCUT2D eigenvalue weighted by Gasteiger charge is 2.19. The molecule has 2 rings (SSSR count). The Morgan fingerprint density at radius 2 is 2.21 bits per heavy atom. The number of hydrogen-bond donors (Lipinski definition) is 2. The molecular weight excluding hydrogens is 357 g/mol. The van der Waals surface area contributed by atoms with Gasteiger partial charge in [0.25, 0.3) is 0 Å². The van der Waals surface area contributed by atoms with Crippen LogP contribution in [0.5, 0.6) is 0 Å². The third-order valence-corrected chi connectivity index (χ3v) is 5.40. The number of nitrogens with two attached hydrogens (primary N) is 1. The summed E-state index contributed by atoms with van der Waals surface area (Å²) < 4.78 is 39.9. The smallest absolute Gasteiger partial charge is 0.242 e. The van der Waals surface area contributed by atoms with Gasteiger partial charge < -0.3 is 5.73 Å². The van der Waals surface area contributed by atoms with Gasteiger partial charge in [-0.2, -0.15) is 0 Å². The molecule has 0 spiro atoms. The summed E-state index contributed by atoms with van der Waals surface area (Å²) in [5.41, 5.74) is 6.77. The highest BCUT2D eigenvalue weighted by molar-refractivity contribution is 9.10. The molecule has 1 aromatic heterocycles. The second-order valence-electron chi connectivity index (χ2n) is 3.60. The number of anilines is 1. The first-order chi connectivity index (χ1) is 8.90. The van der Waals surface area contributed by atoms with Crippen LogP contribution in [-0.2, 0) is 16.6 Å². The molecule has 0 atom stereocenters. The van der Waals surface area contributed by atoms with Crippen LogP contribution in [0.15, 0.2) is 33.2 Å². The van der Waals surface area contributed by atoms with Crippen LogP contribution in [-0.4, -0.2) is 13.4 Å². The molecule has 0 saturated heterocycles. The summed E-state index contributed by atoms with van der Waals surface area (Å²) in [5, 5.41) is 0.